The molecule has 0 radical (unpaired) electrons. The molecule has 0 rings (SSSR count). The first-order valence-corrected chi connectivity index (χ1v) is 5.57. The summed E-state index contributed by atoms with van der Waals surface area (Å²) in [6, 6.07) is 0. The number of hydrogen-bond acceptors (Lipinski definition) is 5. The van der Waals surface area contributed by atoms with E-state index in [0.29, 0.717) is 0 Å². The summed E-state index contributed by atoms with van der Waals surface area (Å²) in [5.74, 6) is -1.28. The van der Waals surface area contributed by atoms with Gasteiger partial charge in [0, 0.05) is 0 Å². The number of ether oxygens (including phenoxy) is 3. The van der Waals surface area contributed by atoms with Gasteiger partial charge in [-0.1, -0.05) is 0 Å². The van der Waals surface area contributed by atoms with E-state index in [2.05, 4.69) is 4.74 Å². The molecule has 0 N–H and O–H groups in total. The zero-order valence-electron chi connectivity index (χ0n) is 11.5. The molecule has 1 atom stereocenters. The van der Waals surface area contributed by atoms with Crippen molar-refractivity contribution in [1.29, 1.82) is 0 Å². The second kappa shape index (κ2) is 6.00. The molecule has 0 saturated heterocycles. The standard InChI is InChI=1S/C12H22O5/c1-7-16-10(14)12(5,9(13)15-6)8-17-11(2,3)4/h7-8H2,1-6H3/t12-/m1/s1. The maximum Gasteiger partial charge on any atom is 0.325 e. The molecule has 0 aliphatic carbocycles. The van der Waals surface area contributed by atoms with E-state index >= 15 is 0 Å². The van der Waals surface area contributed by atoms with Crippen LogP contribution >= 0.6 is 0 Å². The summed E-state index contributed by atoms with van der Waals surface area (Å²) in [4.78, 5) is 23.4. The highest BCUT2D eigenvalue weighted by Crippen LogP contribution is 2.24. The van der Waals surface area contributed by atoms with E-state index in [1.165, 1.54) is 14.0 Å². The van der Waals surface area contributed by atoms with Crippen molar-refractivity contribution in [2.24, 2.45) is 5.41 Å². The van der Waals surface area contributed by atoms with Crippen molar-refractivity contribution in [3.63, 3.8) is 0 Å². The maximum absolute atomic E-state index is 11.8. The van der Waals surface area contributed by atoms with Crippen LogP contribution in [0.2, 0.25) is 0 Å². The predicted molar refractivity (Wildman–Crippen MR) is 62.5 cm³/mol. The third-order valence-electron chi connectivity index (χ3n) is 2.16. The Hall–Kier alpha value is -1.10. The van der Waals surface area contributed by atoms with Gasteiger partial charge in [-0.2, -0.15) is 0 Å². The third-order valence-corrected chi connectivity index (χ3v) is 2.16. The monoisotopic (exact) mass is 246 g/mol. The molecule has 0 aromatic rings. The van der Waals surface area contributed by atoms with Crippen LogP contribution in [0.25, 0.3) is 0 Å². The number of carbonyl (C=O) groups is 2. The largest absolute Gasteiger partial charge is 0.468 e. The molecule has 0 bridgehead atoms. The van der Waals surface area contributed by atoms with Crippen LogP contribution in [0, 0.1) is 5.41 Å². The normalized spacial score (nSPS) is 14.9. The minimum atomic E-state index is -1.42. The van der Waals surface area contributed by atoms with Gasteiger partial charge in [0.15, 0.2) is 5.41 Å². The maximum atomic E-state index is 11.8. The average Bonchev–Trinajstić information content (AvgIpc) is 2.24. The lowest BCUT2D eigenvalue weighted by molar-refractivity contribution is -0.177. The van der Waals surface area contributed by atoms with Gasteiger partial charge < -0.3 is 14.2 Å². The van der Waals surface area contributed by atoms with E-state index < -0.39 is 23.0 Å². The summed E-state index contributed by atoms with van der Waals surface area (Å²) in [5, 5.41) is 0. The summed E-state index contributed by atoms with van der Waals surface area (Å²) < 4.78 is 15.0. The fraction of sp³-hybridized carbons (Fsp3) is 0.833. The molecule has 0 amide bonds. The number of rotatable bonds is 5. The van der Waals surface area contributed by atoms with Crippen LogP contribution in [0.3, 0.4) is 0 Å². The Balaban J connectivity index is 4.86. The second-order valence-corrected chi connectivity index (χ2v) is 4.95. The molecular formula is C12H22O5. The van der Waals surface area contributed by atoms with Crippen LogP contribution in [-0.4, -0.2) is 37.9 Å². The summed E-state index contributed by atoms with van der Waals surface area (Å²) in [5.41, 5.74) is -1.86. The van der Waals surface area contributed by atoms with Gasteiger partial charge in [0.2, 0.25) is 0 Å². The third kappa shape index (κ3) is 4.73. The van der Waals surface area contributed by atoms with E-state index in [9.17, 15) is 9.59 Å². The highest BCUT2D eigenvalue weighted by atomic mass is 16.6. The topological polar surface area (TPSA) is 61.8 Å². The van der Waals surface area contributed by atoms with Crippen LogP contribution in [-0.2, 0) is 23.8 Å². The molecule has 0 unspecified atom stereocenters. The molecule has 0 aliphatic rings. The zero-order chi connectivity index (χ0) is 13.7. The summed E-state index contributed by atoms with van der Waals surface area (Å²) in [6.07, 6.45) is 0. The fourth-order valence-corrected chi connectivity index (χ4v) is 1.08. The van der Waals surface area contributed by atoms with Crippen LogP contribution in [0.15, 0.2) is 0 Å². The molecular weight excluding hydrogens is 224 g/mol. The number of carbonyl (C=O) groups excluding carboxylic acids is 2. The Kier molecular flexibility index (Phi) is 5.61. The first-order valence-electron chi connectivity index (χ1n) is 5.57. The molecule has 17 heavy (non-hydrogen) atoms. The Morgan fingerprint density at radius 1 is 1.06 bits per heavy atom. The SMILES string of the molecule is CCOC(=O)[C@](C)(COC(C)(C)C)C(=O)OC. The van der Waals surface area contributed by atoms with Crippen LogP contribution in [0.1, 0.15) is 34.6 Å². The first-order chi connectivity index (χ1) is 7.67. The Labute approximate surface area is 102 Å². The van der Waals surface area contributed by atoms with Gasteiger partial charge in [0.1, 0.15) is 0 Å². The summed E-state index contributed by atoms with van der Waals surface area (Å²) in [6.45, 7) is 8.81. The zero-order valence-corrected chi connectivity index (χ0v) is 11.5. The molecule has 0 aromatic carbocycles. The highest BCUT2D eigenvalue weighted by Gasteiger charge is 2.45. The van der Waals surface area contributed by atoms with Crippen molar-refractivity contribution in [2.75, 3.05) is 20.3 Å². The molecule has 0 aromatic heterocycles. The lowest BCUT2D eigenvalue weighted by Crippen LogP contribution is -2.44. The fourth-order valence-electron chi connectivity index (χ4n) is 1.08. The van der Waals surface area contributed by atoms with E-state index in [1.807, 2.05) is 20.8 Å². The molecule has 0 saturated carbocycles. The Morgan fingerprint density at radius 3 is 1.94 bits per heavy atom. The smallest absolute Gasteiger partial charge is 0.325 e. The van der Waals surface area contributed by atoms with Crippen molar-refractivity contribution in [2.45, 2.75) is 40.2 Å². The molecule has 0 fully saturated rings. The van der Waals surface area contributed by atoms with Gasteiger partial charge in [0.05, 0.1) is 25.9 Å². The minimum Gasteiger partial charge on any atom is -0.468 e. The number of methoxy groups -OCH3 is 1. The van der Waals surface area contributed by atoms with Gasteiger partial charge in [-0.05, 0) is 34.6 Å². The van der Waals surface area contributed by atoms with Crippen molar-refractivity contribution in [1.82, 2.24) is 0 Å². The average molecular weight is 246 g/mol. The van der Waals surface area contributed by atoms with Gasteiger partial charge in [-0.25, -0.2) is 0 Å². The van der Waals surface area contributed by atoms with E-state index in [1.54, 1.807) is 6.92 Å². The number of esters is 2. The van der Waals surface area contributed by atoms with Gasteiger partial charge in [0.25, 0.3) is 0 Å². The molecule has 0 spiro atoms. The summed E-state index contributed by atoms with van der Waals surface area (Å²) >= 11 is 0. The highest BCUT2D eigenvalue weighted by molar-refractivity contribution is 5.99. The first kappa shape index (κ1) is 15.9. The van der Waals surface area contributed by atoms with Crippen molar-refractivity contribution < 1.29 is 23.8 Å². The lowest BCUT2D eigenvalue weighted by Gasteiger charge is -2.28. The molecule has 5 heteroatoms. The van der Waals surface area contributed by atoms with E-state index in [4.69, 9.17) is 9.47 Å². The lowest BCUT2D eigenvalue weighted by atomic mass is 9.91. The summed E-state index contributed by atoms with van der Waals surface area (Å²) in [7, 11) is 1.23. The van der Waals surface area contributed by atoms with Gasteiger partial charge in [-0.15, -0.1) is 0 Å². The number of hydrogen-bond donors (Lipinski definition) is 0. The molecule has 0 heterocycles. The van der Waals surface area contributed by atoms with Crippen molar-refractivity contribution in [3.05, 3.63) is 0 Å². The van der Waals surface area contributed by atoms with Crippen LogP contribution < -0.4 is 0 Å². The van der Waals surface area contributed by atoms with Crippen LogP contribution in [0.5, 0.6) is 0 Å². The Morgan fingerprint density at radius 2 is 1.59 bits per heavy atom. The van der Waals surface area contributed by atoms with E-state index in [-0.39, 0.29) is 13.2 Å². The molecule has 0 aliphatic heterocycles. The minimum absolute atomic E-state index is 0.0675. The quantitative estimate of drug-likeness (QED) is 0.544. The van der Waals surface area contributed by atoms with Gasteiger partial charge >= 0.3 is 11.9 Å². The van der Waals surface area contributed by atoms with Crippen molar-refractivity contribution in [3.8, 4) is 0 Å². The van der Waals surface area contributed by atoms with Crippen LogP contribution in [0.4, 0.5) is 0 Å². The van der Waals surface area contributed by atoms with E-state index in [0.717, 1.165) is 0 Å². The predicted octanol–water partition coefficient (Wildman–Crippen LogP) is 1.54. The van der Waals surface area contributed by atoms with Gasteiger partial charge in [-0.3, -0.25) is 9.59 Å². The Bertz CT molecular complexity index is 279. The molecule has 100 valence electrons. The second-order valence-electron chi connectivity index (χ2n) is 4.95. The molecule has 5 nitrogen and oxygen atoms in total. The van der Waals surface area contributed by atoms with Crippen molar-refractivity contribution >= 4 is 11.9 Å².